The van der Waals surface area contributed by atoms with E-state index in [0.29, 0.717) is 6.54 Å². The molecule has 0 unspecified atom stereocenters. The standard InChI is InChI=1S/C9H14N4/c1-13-4-2-3-8-9(13)11-6-7(5-10)12-8/h6H,2-5,10H2,1H3. The van der Waals surface area contributed by atoms with Crippen LogP contribution in [0.1, 0.15) is 17.8 Å². The molecule has 0 bridgehead atoms. The van der Waals surface area contributed by atoms with Gasteiger partial charge in [0.1, 0.15) is 5.82 Å². The minimum absolute atomic E-state index is 0.476. The predicted molar refractivity (Wildman–Crippen MR) is 51.5 cm³/mol. The van der Waals surface area contributed by atoms with Crippen molar-refractivity contribution in [3.8, 4) is 0 Å². The van der Waals surface area contributed by atoms with Gasteiger partial charge in [0.05, 0.1) is 17.6 Å². The summed E-state index contributed by atoms with van der Waals surface area (Å²) in [7, 11) is 2.05. The largest absolute Gasteiger partial charge is 0.358 e. The third-order valence-corrected chi connectivity index (χ3v) is 2.35. The maximum absolute atomic E-state index is 5.50. The van der Waals surface area contributed by atoms with Crippen LogP contribution >= 0.6 is 0 Å². The van der Waals surface area contributed by atoms with Gasteiger partial charge < -0.3 is 10.6 Å². The molecule has 0 radical (unpaired) electrons. The maximum atomic E-state index is 5.50. The van der Waals surface area contributed by atoms with Crippen molar-refractivity contribution >= 4 is 5.82 Å². The van der Waals surface area contributed by atoms with Gasteiger partial charge in [-0.05, 0) is 12.8 Å². The van der Waals surface area contributed by atoms with E-state index in [1.54, 1.807) is 6.20 Å². The van der Waals surface area contributed by atoms with Crippen molar-refractivity contribution < 1.29 is 0 Å². The van der Waals surface area contributed by atoms with E-state index in [1.165, 1.54) is 0 Å². The molecule has 0 amide bonds. The lowest BCUT2D eigenvalue weighted by Gasteiger charge is -2.25. The van der Waals surface area contributed by atoms with Gasteiger partial charge in [-0.2, -0.15) is 0 Å². The van der Waals surface area contributed by atoms with Gasteiger partial charge in [0.15, 0.2) is 0 Å². The molecular weight excluding hydrogens is 164 g/mol. The molecule has 0 saturated heterocycles. The van der Waals surface area contributed by atoms with Crippen LogP contribution in [-0.2, 0) is 13.0 Å². The molecule has 1 aromatic rings. The molecule has 0 aromatic carbocycles. The van der Waals surface area contributed by atoms with E-state index in [2.05, 4.69) is 21.9 Å². The molecule has 2 N–H and O–H groups in total. The fourth-order valence-electron chi connectivity index (χ4n) is 1.64. The van der Waals surface area contributed by atoms with E-state index in [-0.39, 0.29) is 0 Å². The van der Waals surface area contributed by atoms with E-state index in [0.717, 1.165) is 36.6 Å². The van der Waals surface area contributed by atoms with Crippen LogP contribution in [0.2, 0.25) is 0 Å². The number of aryl methyl sites for hydroxylation is 1. The number of nitrogens with zero attached hydrogens (tertiary/aromatic N) is 3. The fourth-order valence-corrected chi connectivity index (χ4v) is 1.64. The molecular formula is C9H14N4. The Morgan fingerprint density at radius 1 is 1.62 bits per heavy atom. The average molecular weight is 178 g/mol. The molecule has 0 saturated carbocycles. The first-order valence-electron chi connectivity index (χ1n) is 4.57. The summed E-state index contributed by atoms with van der Waals surface area (Å²) in [5.74, 6) is 1.02. The summed E-state index contributed by atoms with van der Waals surface area (Å²) >= 11 is 0. The smallest absolute Gasteiger partial charge is 0.150 e. The molecule has 4 heteroatoms. The van der Waals surface area contributed by atoms with Crippen molar-refractivity contribution in [2.45, 2.75) is 19.4 Å². The predicted octanol–water partition coefficient (Wildman–Crippen LogP) is 0.318. The van der Waals surface area contributed by atoms with E-state index in [9.17, 15) is 0 Å². The number of anilines is 1. The van der Waals surface area contributed by atoms with Gasteiger partial charge in [-0.1, -0.05) is 0 Å². The van der Waals surface area contributed by atoms with Crippen LogP contribution in [0.25, 0.3) is 0 Å². The number of hydrogen-bond donors (Lipinski definition) is 1. The van der Waals surface area contributed by atoms with Gasteiger partial charge in [-0.15, -0.1) is 0 Å². The second kappa shape index (κ2) is 3.30. The molecule has 1 aromatic heterocycles. The van der Waals surface area contributed by atoms with Crippen molar-refractivity contribution in [2.75, 3.05) is 18.5 Å². The molecule has 0 spiro atoms. The van der Waals surface area contributed by atoms with Crippen molar-refractivity contribution in [1.29, 1.82) is 0 Å². The van der Waals surface area contributed by atoms with Crippen molar-refractivity contribution in [3.05, 3.63) is 17.6 Å². The number of aromatic nitrogens is 2. The monoisotopic (exact) mass is 178 g/mol. The maximum Gasteiger partial charge on any atom is 0.150 e. The molecule has 0 aliphatic carbocycles. The third-order valence-electron chi connectivity index (χ3n) is 2.35. The molecule has 2 rings (SSSR count). The Morgan fingerprint density at radius 3 is 3.23 bits per heavy atom. The highest BCUT2D eigenvalue weighted by atomic mass is 15.2. The van der Waals surface area contributed by atoms with Crippen molar-refractivity contribution in [2.24, 2.45) is 5.73 Å². The minimum Gasteiger partial charge on any atom is -0.358 e. The van der Waals surface area contributed by atoms with E-state index < -0.39 is 0 Å². The Balaban J connectivity index is 2.39. The van der Waals surface area contributed by atoms with Crippen LogP contribution < -0.4 is 10.6 Å². The number of hydrogen-bond acceptors (Lipinski definition) is 4. The summed E-state index contributed by atoms with van der Waals surface area (Å²) in [5.41, 5.74) is 7.48. The first-order valence-corrected chi connectivity index (χ1v) is 4.57. The summed E-state index contributed by atoms with van der Waals surface area (Å²) < 4.78 is 0. The molecule has 1 aliphatic heterocycles. The first-order chi connectivity index (χ1) is 6.31. The summed E-state index contributed by atoms with van der Waals surface area (Å²) in [6, 6.07) is 0. The van der Waals surface area contributed by atoms with E-state index in [4.69, 9.17) is 5.73 Å². The molecule has 4 nitrogen and oxygen atoms in total. The Bertz CT molecular complexity index is 310. The summed E-state index contributed by atoms with van der Waals surface area (Å²) in [6.45, 7) is 1.55. The SMILES string of the molecule is CN1CCCc2nc(CN)cnc21. The molecule has 2 heterocycles. The van der Waals surface area contributed by atoms with Gasteiger partial charge in [0.2, 0.25) is 0 Å². The molecule has 1 aliphatic rings. The van der Waals surface area contributed by atoms with Crippen molar-refractivity contribution in [1.82, 2.24) is 9.97 Å². The lowest BCUT2D eigenvalue weighted by atomic mass is 10.1. The minimum atomic E-state index is 0.476. The molecule has 0 atom stereocenters. The lowest BCUT2D eigenvalue weighted by Crippen LogP contribution is -2.27. The second-order valence-corrected chi connectivity index (χ2v) is 3.36. The van der Waals surface area contributed by atoms with E-state index in [1.807, 2.05) is 0 Å². The Labute approximate surface area is 77.8 Å². The number of fused-ring (bicyclic) bond motifs is 1. The van der Waals surface area contributed by atoms with E-state index >= 15 is 0 Å². The molecule has 70 valence electrons. The summed E-state index contributed by atoms with van der Waals surface area (Å²) in [4.78, 5) is 11.0. The zero-order valence-electron chi connectivity index (χ0n) is 7.82. The summed E-state index contributed by atoms with van der Waals surface area (Å²) in [6.07, 6.45) is 3.95. The second-order valence-electron chi connectivity index (χ2n) is 3.36. The highest BCUT2D eigenvalue weighted by molar-refractivity contribution is 5.44. The Kier molecular flexibility index (Phi) is 2.14. The Hall–Kier alpha value is -1.16. The van der Waals surface area contributed by atoms with Crippen LogP contribution in [0.15, 0.2) is 6.20 Å². The number of nitrogens with two attached hydrogens (primary N) is 1. The quantitative estimate of drug-likeness (QED) is 0.672. The zero-order chi connectivity index (χ0) is 9.26. The van der Waals surface area contributed by atoms with Gasteiger partial charge in [-0.25, -0.2) is 4.98 Å². The lowest BCUT2D eigenvalue weighted by molar-refractivity contribution is 0.701. The number of rotatable bonds is 1. The Morgan fingerprint density at radius 2 is 2.46 bits per heavy atom. The van der Waals surface area contributed by atoms with Crippen molar-refractivity contribution in [3.63, 3.8) is 0 Å². The van der Waals surface area contributed by atoms with Gasteiger partial charge in [0.25, 0.3) is 0 Å². The topological polar surface area (TPSA) is 55.0 Å². The van der Waals surface area contributed by atoms with Gasteiger partial charge >= 0.3 is 0 Å². The normalized spacial score (nSPS) is 15.7. The van der Waals surface area contributed by atoms with Crippen LogP contribution in [0.5, 0.6) is 0 Å². The van der Waals surface area contributed by atoms with Gasteiger partial charge in [0, 0.05) is 20.1 Å². The molecule has 13 heavy (non-hydrogen) atoms. The third kappa shape index (κ3) is 1.49. The average Bonchev–Trinajstić information content (AvgIpc) is 2.18. The zero-order valence-corrected chi connectivity index (χ0v) is 7.82. The van der Waals surface area contributed by atoms with Crippen LogP contribution in [0, 0.1) is 0 Å². The first kappa shape index (κ1) is 8.44. The van der Waals surface area contributed by atoms with Crippen LogP contribution in [-0.4, -0.2) is 23.6 Å². The van der Waals surface area contributed by atoms with Crippen LogP contribution in [0.4, 0.5) is 5.82 Å². The fraction of sp³-hybridized carbons (Fsp3) is 0.556. The highest BCUT2D eigenvalue weighted by Gasteiger charge is 2.15. The van der Waals surface area contributed by atoms with Crippen LogP contribution in [0.3, 0.4) is 0 Å². The summed E-state index contributed by atoms with van der Waals surface area (Å²) in [5, 5.41) is 0. The van der Waals surface area contributed by atoms with Gasteiger partial charge in [-0.3, -0.25) is 4.98 Å². The molecule has 0 fully saturated rings. The highest BCUT2D eigenvalue weighted by Crippen LogP contribution is 2.20.